The summed E-state index contributed by atoms with van der Waals surface area (Å²) in [5.74, 6) is -0.808. The van der Waals surface area contributed by atoms with Gasteiger partial charge in [0, 0.05) is 13.6 Å². The molecule has 0 saturated heterocycles. The molecular weight excluding hydrogens is 196 g/mol. The Morgan fingerprint density at radius 2 is 2.13 bits per heavy atom. The summed E-state index contributed by atoms with van der Waals surface area (Å²) in [6.07, 6.45) is 2.66. The van der Waals surface area contributed by atoms with Gasteiger partial charge in [0.1, 0.15) is 6.04 Å². The maximum Gasteiger partial charge on any atom is 0.326 e. The Bertz CT molecular complexity index is 251. The smallest absolute Gasteiger partial charge is 0.326 e. The Labute approximate surface area is 89.4 Å². The van der Waals surface area contributed by atoms with Gasteiger partial charge in [-0.3, -0.25) is 0 Å². The SMILES string of the molecule is CCCN(C)C(=O)NC(C(=O)O)C1CC1. The van der Waals surface area contributed by atoms with Crippen LogP contribution in [0.25, 0.3) is 0 Å². The van der Waals surface area contributed by atoms with E-state index >= 15 is 0 Å². The lowest BCUT2D eigenvalue weighted by atomic mass is 10.2. The molecule has 1 saturated carbocycles. The molecule has 2 amide bonds. The first-order valence-electron chi connectivity index (χ1n) is 5.30. The molecule has 0 aromatic heterocycles. The molecule has 15 heavy (non-hydrogen) atoms. The zero-order valence-corrected chi connectivity index (χ0v) is 9.19. The molecule has 1 atom stereocenters. The van der Waals surface area contributed by atoms with Crippen molar-refractivity contribution in [1.82, 2.24) is 10.2 Å². The summed E-state index contributed by atoms with van der Waals surface area (Å²) in [7, 11) is 1.67. The molecule has 0 heterocycles. The standard InChI is InChI=1S/C10H18N2O3/c1-3-6-12(2)10(15)11-8(9(13)14)7-4-5-7/h7-8H,3-6H2,1-2H3,(H,11,15)(H,13,14). The first kappa shape index (κ1) is 11.8. The first-order valence-corrected chi connectivity index (χ1v) is 5.30. The van der Waals surface area contributed by atoms with Gasteiger partial charge in [0.25, 0.3) is 0 Å². The first-order chi connectivity index (χ1) is 7.06. The van der Waals surface area contributed by atoms with E-state index in [1.54, 1.807) is 7.05 Å². The summed E-state index contributed by atoms with van der Waals surface area (Å²) in [5, 5.41) is 11.5. The zero-order chi connectivity index (χ0) is 11.4. The van der Waals surface area contributed by atoms with Gasteiger partial charge in [-0.25, -0.2) is 9.59 Å². The Hall–Kier alpha value is -1.26. The normalized spacial score (nSPS) is 16.9. The number of urea groups is 1. The fourth-order valence-electron chi connectivity index (χ4n) is 1.49. The quantitative estimate of drug-likeness (QED) is 0.714. The van der Waals surface area contributed by atoms with Crippen molar-refractivity contribution in [3.63, 3.8) is 0 Å². The van der Waals surface area contributed by atoms with Crippen LogP contribution in [0.5, 0.6) is 0 Å². The Morgan fingerprint density at radius 1 is 1.53 bits per heavy atom. The third-order valence-electron chi connectivity index (χ3n) is 2.54. The number of carbonyl (C=O) groups is 2. The minimum atomic E-state index is -0.934. The molecule has 0 aliphatic heterocycles. The van der Waals surface area contributed by atoms with Gasteiger partial charge in [0.15, 0.2) is 0 Å². The predicted molar refractivity (Wildman–Crippen MR) is 55.6 cm³/mol. The van der Waals surface area contributed by atoms with E-state index < -0.39 is 12.0 Å². The summed E-state index contributed by atoms with van der Waals surface area (Å²) in [6, 6.07) is -1.01. The van der Waals surface area contributed by atoms with Crippen molar-refractivity contribution in [2.75, 3.05) is 13.6 Å². The Kier molecular flexibility index (Phi) is 3.94. The molecule has 5 nitrogen and oxygen atoms in total. The number of nitrogens with zero attached hydrogens (tertiary/aromatic N) is 1. The van der Waals surface area contributed by atoms with Gasteiger partial charge in [0.05, 0.1) is 0 Å². The number of carbonyl (C=O) groups excluding carboxylic acids is 1. The van der Waals surface area contributed by atoms with Crippen LogP contribution in [0.1, 0.15) is 26.2 Å². The maximum absolute atomic E-state index is 11.5. The van der Waals surface area contributed by atoms with Crippen molar-refractivity contribution < 1.29 is 14.7 Å². The van der Waals surface area contributed by atoms with Crippen LogP contribution in [0.15, 0.2) is 0 Å². The molecule has 1 fully saturated rings. The maximum atomic E-state index is 11.5. The average molecular weight is 214 g/mol. The number of rotatable bonds is 5. The molecule has 0 bridgehead atoms. The number of hydrogen-bond donors (Lipinski definition) is 2. The van der Waals surface area contributed by atoms with Crippen LogP contribution in [-0.4, -0.2) is 41.6 Å². The number of carboxylic acids is 1. The number of carboxylic acid groups (broad SMARTS) is 1. The highest BCUT2D eigenvalue weighted by Gasteiger charge is 2.37. The van der Waals surface area contributed by atoms with Crippen molar-refractivity contribution in [1.29, 1.82) is 0 Å². The number of amides is 2. The van der Waals surface area contributed by atoms with Gasteiger partial charge < -0.3 is 15.3 Å². The third kappa shape index (κ3) is 3.42. The van der Waals surface area contributed by atoms with Crippen molar-refractivity contribution in [3.05, 3.63) is 0 Å². The Morgan fingerprint density at radius 3 is 2.53 bits per heavy atom. The molecule has 1 aliphatic carbocycles. The largest absolute Gasteiger partial charge is 0.480 e. The van der Waals surface area contributed by atoms with Gasteiger partial charge in [0.2, 0.25) is 0 Å². The molecule has 0 radical (unpaired) electrons. The van der Waals surface area contributed by atoms with Gasteiger partial charge in [-0.2, -0.15) is 0 Å². The minimum absolute atomic E-state index is 0.126. The van der Waals surface area contributed by atoms with E-state index in [-0.39, 0.29) is 11.9 Å². The molecule has 2 N–H and O–H groups in total. The monoisotopic (exact) mass is 214 g/mol. The van der Waals surface area contributed by atoms with E-state index in [2.05, 4.69) is 5.32 Å². The van der Waals surface area contributed by atoms with Crippen LogP contribution in [0.4, 0.5) is 4.79 Å². The minimum Gasteiger partial charge on any atom is -0.480 e. The molecule has 5 heteroatoms. The molecule has 86 valence electrons. The fraction of sp³-hybridized carbons (Fsp3) is 0.800. The third-order valence-corrected chi connectivity index (χ3v) is 2.54. The van der Waals surface area contributed by atoms with E-state index in [9.17, 15) is 9.59 Å². The molecule has 1 rings (SSSR count). The molecule has 0 spiro atoms. The average Bonchev–Trinajstić information content (AvgIpc) is 2.97. The second-order valence-corrected chi connectivity index (χ2v) is 4.02. The lowest BCUT2D eigenvalue weighted by molar-refractivity contribution is -0.139. The summed E-state index contributed by atoms with van der Waals surface area (Å²) in [5.41, 5.74) is 0. The van der Waals surface area contributed by atoms with Gasteiger partial charge in [-0.05, 0) is 25.2 Å². The fourth-order valence-corrected chi connectivity index (χ4v) is 1.49. The van der Waals surface area contributed by atoms with E-state index in [1.165, 1.54) is 4.90 Å². The topological polar surface area (TPSA) is 69.6 Å². The highest BCUT2D eigenvalue weighted by Crippen LogP contribution is 2.32. The van der Waals surface area contributed by atoms with Gasteiger partial charge >= 0.3 is 12.0 Å². The van der Waals surface area contributed by atoms with Crippen molar-refractivity contribution in [2.24, 2.45) is 5.92 Å². The van der Waals surface area contributed by atoms with Crippen molar-refractivity contribution in [2.45, 2.75) is 32.2 Å². The summed E-state index contributed by atoms with van der Waals surface area (Å²) in [6.45, 7) is 2.61. The lowest BCUT2D eigenvalue weighted by Gasteiger charge is -2.20. The molecule has 0 aromatic carbocycles. The number of nitrogens with one attached hydrogen (secondary N) is 1. The Balaban J connectivity index is 2.43. The summed E-state index contributed by atoms with van der Waals surface area (Å²) in [4.78, 5) is 23.9. The number of hydrogen-bond acceptors (Lipinski definition) is 2. The molecule has 1 unspecified atom stereocenters. The zero-order valence-electron chi connectivity index (χ0n) is 9.19. The molecular formula is C10H18N2O3. The second kappa shape index (κ2) is 5.00. The lowest BCUT2D eigenvalue weighted by Crippen LogP contribution is -2.47. The summed E-state index contributed by atoms with van der Waals surface area (Å²) >= 11 is 0. The molecule has 1 aliphatic rings. The van der Waals surface area contributed by atoms with E-state index in [0.29, 0.717) is 6.54 Å². The number of aliphatic carboxylic acids is 1. The summed E-state index contributed by atoms with van der Waals surface area (Å²) < 4.78 is 0. The van der Waals surface area contributed by atoms with E-state index in [0.717, 1.165) is 19.3 Å². The highest BCUT2D eigenvalue weighted by molar-refractivity contribution is 5.83. The van der Waals surface area contributed by atoms with Gasteiger partial charge in [-0.1, -0.05) is 6.92 Å². The van der Waals surface area contributed by atoms with Crippen LogP contribution < -0.4 is 5.32 Å². The van der Waals surface area contributed by atoms with E-state index in [1.807, 2.05) is 6.92 Å². The predicted octanol–water partition coefficient (Wildman–Crippen LogP) is 0.901. The van der Waals surface area contributed by atoms with Crippen LogP contribution in [-0.2, 0) is 4.79 Å². The van der Waals surface area contributed by atoms with Crippen LogP contribution >= 0.6 is 0 Å². The van der Waals surface area contributed by atoms with Gasteiger partial charge in [-0.15, -0.1) is 0 Å². The van der Waals surface area contributed by atoms with Crippen LogP contribution in [0.2, 0.25) is 0 Å². The van der Waals surface area contributed by atoms with Crippen molar-refractivity contribution in [3.8, 4) is 0 Å². The van der Waals surface area contributed by atoms with Crippen LogP contribution in [0, 0.1) is 5.92 Å². The highest BCUT2D eigenvalue weighted by atomic mass is 16.4. The second-order valence-electron chi connectivity index (χ2n) is 4.02. The molecule has 0 aromatic rings. The van der Waals surface area contributed by atoms with Crippen LogP contribution in [0.3, 0.4) is 0 Å². The van der Waals surface area contributed by atoms with Crippen molar-refractivity contribution >= 4 is 12.0 Å². The van der Waals surface area contributed by atoms with E-state index in [4.69, 9.17) is 5.11 Å².